The second-order valence-corrected chi connectivity index (χ2v) is 6.79. The summed E-state index contributed by atoms with van der Waals surface area (Å²) in [6.45, 7) is 4.05. The minimum atomic E-state index is -0.141. The van der Waals surface area contributed by atoms with Crippen LogP contribution in [0.25, 0.3) is 0 Å². The van der Waals surface area contributed by atoms with E-state index in [9.17, 15) is 9.59 Å². The Morgan fingerprint density at radius 2 is 2.00 bits per heavy atom. The zero-order chi connectivity index (χ0) is 16.2. The van der Waals surface area contributed by atoms with Gasteiger partial charge in [0.05, 0.1) is 22.1 Å². The molecule has 2 aromatic rings. The fourth-order valence-electron chi connectivity index (χ4n) is 2.87. The van der Waals surface area contributed by atoms with Crippen molar-refractivity contribution in [3.8, 4) is 0 Å². The van der Waals surface area contributed by atoms with E-state index >= 15 is 0 Å². The highest BCUT2D eigenvalue weighted by Gasteiger charge is 2.26. The van der Waals surface area contributed by atoms with Crippen LogP contribution < -0.4 is 5.32 Å². The Hall–Kier alpha value is -1.92. The molecule has 1 amide bonds. The molecule has 0 spiro atoms. The van der Waals surface area contributed by atoms with E-state index in [0.29, 0.717) is 16.3 Å². The van der Waals surface area contributed by atoms with E-state index in [1.54, 1.807) is 18.4 Å². The lowest BCUT2D eigenvalue weighted by atomic mass is 10.2. The smallest absolute Gasteiger partial charge is 0.261 e. The Morgan fingerprint density at radius 1 is 1.26 bits per heavy atom. The summed E-state index contributed by atoms with van der Waals surface area (Å²) in [7, 11) is 0. The Bertz CT molecular complexity index is 672. The van der Waals surface area contributed by atoms with Gasteiger partial charge in [0, 0.05) is 6.54 Å². The van der Waals surface area contributed by atoms with Gasteiger partial charge in [-0.2, -0.15) is 0 Å². The largest absolute Gasteiger partial charge is 0.468 e. The molecule has 23 heavy (non-hydrogen) atoms. The number of carbonyl (C=O) groups is 2. The van der Waals surface area contributed by atoms with Crippen molar-refractivity contribution in [2.24, 2.45) is 0 Å². The first-order chi connectivity index (χ1) is 11.1. The van der Waals surface area contributed by atoms with Gasteiger partial charge in [-0.3, -0.25) is 14.5 Å². The lowest BCUT2D eigenvalue weighted by Crippen LogP contribution is -2.36. The quantitative estimate of drug-likeness (QED) is 0.826. The van der Waals surface area contributed by atoms with Gasteiger partial charge in [0.2, 0.25) is 0 Å². The number of nitrogens with one attached hydrogen (secondary N) is 1. The van der Waals surface area contributed by atoms with E-state index in [0.717, 1.165) is 18.8 Å². The van der Waals surface area contributed by atoms with Gasteiger partial charge in [0.15, 0.2) is 5.78 Å². The number of likely N-dealkylation sites (tertiary alicyclic amines) is 1. The first-order valence-electron chi connectivity index (χ1n) is 7.81. The third-order valence-corrected chi connectivity index (χ3v) is 5.27. The molecule has 2 aromatic heterocycles. The van der Waals surface area contributed by atoms with Crippen molar-refractivity contribution >= 4 is 23.0 Å². The molecule has 0 unspecified atom stereocenters. The number of carbonyl (C=O) groups excluding carboxylic acids is 2. The standard InChI is InChI=1S/C17H20N2O3S/c1-12(20)15-6-7-16(23-15)17(21)18-11-13(14-5-4-10-22-14)19-8-2-3-9-19/h4-7,10,13H,2-3,8-9,11H2,1H3,(H,18,21)/t13-/m1/s1. The average molecular weight is 332 g/mol. The molecule has 0 radical (unpaired) electrons. The van der Waals surface area contributed by atoms with Crippen LogP contribution in [0.5, 0.6) is 0 Å². The second-order valence-electron chi connectivity index (χ2n) is 5.70. The van der Waals surface area contributed by atoms with Crippen molar-refractivity contribution in [3.63, 3.8) is 0 Å². The van der Waals surface area contributed by atoms with Crippen molar-refractivity contribution in [1.82, 2.24) is 10.2 Å². The highest BCUT2D eigenvalue weighted by Crippen LogP contribution is 2.25. The van der Waals surface area contributed by atoms with Crippen LogP contribution in [0, 0.1) is 0 Å². The number of ketones is 1. The fourth-order valence-corrected chi connectivity index (χ4v) is 3.69. The zero-order valence-electron chi connectivity index (χ0n) is 13.1. The summed E-state index contributed by atoms with van der Waals surface area (Å²) in [6.07, 6.45) is 4.02. The molecule has 1 aliphatic rings. The molecule has 1 saturated heterocycles. The van der Waals surface area contributed by atoms with E-state index in [1.165, 1.54) is 31.1 Å². The van der Waals surface area contributed by atoms with Crippen molar-refractivity contribution in [3.05, 3.63) is 46.0 Å². The first-order valence-corrected chi connectivity index (χ1v) is 8.63. The number of thiophene rings is 1. The van der Waals surface area contributed by atoms with Crippen molar-refractivity contribution in [1.29, 1.82) is 0 Å². The molecule has 0 aromatic carbocycles. The van der Waals surface area contributed by atoms with Gasteiger partial charge in [-0.05, 0) is 57.1 Å². The van der Waals surface area contributed by atoms with Crippen molar-refractivity contribution in [2.45, 2.75) is 25.8 Å². The van der Waals surface area contributed by atoms with Gasteiger partial charge in [0.25, 0.3) is 5.91 Å². The number of nitrogens with zero attached hydrogens (tertiary/aromatic N) is 1. The van der Waals surface area contributed by atoms with Gasteiger partial charge in [-0.25, -0.2) is 0 Å². The zero-order valence-corrected chi connectivity index (χ0v) is 13.9. The predicted octanol–water partition coefficient (Wildman–Crippen LogP) is 3.11. The molecule has 122 valence electrons. The Balaban J connectivity index is 1.65. The summed E-state index contributed by atoms with van der Waals surface area (Å²) >= 11 is 1.23. The molecule has 3 heterocycles. The number of hydrogen-bond acceptors (Lipinski definition) is 5. The second kappa shape index (κ2) is 7.10. The Kier molecular flexibility index (Phi) is 4.93. The highest BCUT2D eigenvalue weighted by molar-refractivity contribution is 7.15. The SMILES string of the molecule is CC(=O)c1ccc(C(=O)NC[C@H](c2ccco2)N2CCCC2)s1. The Morgan fingerprint density at radius 3 is 2.61 bits per heavy atom. The number of hydrogen-bond donors (Lipinski definition) is 1. The number of furan rings is 1. The van der Waals surface area contributed by atoms with Crippen molar-refractivity contribution < 1.29 is 14.0 Å². The molecule has 0 aliphatic carbocycles. The molecule has 5 nitrogen and oxygen atoms in total. The van der Waals surface area contributed by atoms with E-state index in [4.69, 9.17) is 4.42 Å². The van der Waals surface area contributed by atoms with Crippen LogP contribution >= 0.6 is 11.3 Å². The number of Topliss-reactive ketones (excluding diaryl/α,β-unsaturated/α-hetero) is 1. The summed E-state index contributed by atoms with van der Waals surface area (Å²) in [4.78, 5) is 27.2. The van der Waals surface area contributed by atoms with Crippen LogP contribution in [0.15, 0.2) is 34.9 Å². The molecular weight excluding hydrogens is 312 g/mol. The molecule has 0 bridgehead atoms. The summed E-state index contributed by atoms with van der Waals surface area (Å²) < 4.78 is 5.55. The van der Waals surface area contributed by atoms with Gasteiger partial charge in [-0.1, -0.05) is 0 Å². The summed E-state index contributed by atoms with van der Waals surface area (Å²) in [5, 5.41) is 2.97. The molecule has 0 saturated carbocycles. The third kappa shape index (κ3) is 3.71. The van der Waals surface area contributed by atoms with Crippen LogP contribution in [0.1, 0.15) is 50.9 Å². The van der Waals surface area contributed by atoms with Crippen LogP contribution in [-0.2, 0) is 0 Å². The van der Waals surface area contributed by atoms with Crippen LogP contribution in [0.4, 0.5) is 0 Å². The highest BCUT2D eigenvalue weighted by atomic mass is 32.1. The normalized spacial score (nSPS) is 16.4. The maximum atomic E-state index is 12.3. The average Bonchev–Trinajstić information content (AvgIpc) is 3.29. The number of rotatable bonds is 6. The first kappa shape index (κ1) is 16.0. The lowest BCUT2D eigenvalue weighted by molar-refractivity contribution is 0.0937. The fraction of sp³-hybridized carbons (Fsp3) is 0.412. The van der Waals surface area contributed by atoms with E-state index in [-0.39, 0.29) is 17.7 Å². The molecule has 1 aliphatic heterocycles. The maximum absolute atomic E-state index is 12.3. The van der Waals surface area contributed by atoms with E-state index < -0.39 is 0 Å². The molecule has 3 rings (SSSR count). The van der Waals surface area contributed by atoms with Crippen LogP contribution in [0.3, 0.4) is 0 Å². The van der Waals surface area contributed by atoms with Crippen molar-refractivity contribution in [2.75, 3.05) is 19.6 Å². The van der Waals surface area contributed by atoms with Gasteiger partial charge < -0.3 is 9.73 Å². The Labute approximate surface area is 139 Å². The van der Waals surface area contributed by atoms with Gasteiger partial charge >= 0.3 is 0 Å². The summed E-state index contributed by atoms with van der Waals surface area (Å²) in [5.41, 5.74) is 0. The number of amides is 1. The molecule has 6 heteroatoms. The molecule has 1 fully saturated rings. The van der Waals surface area contributed by atoms with E-state index in [2.05, 4.69) is 10.2 Å². The third-order valence-electron chi connectivity index (χ3n) is 4.09. The maximum Gasteiger partial charge on any atom is 0.261 e. The molecular formula is C17H20N2O3S. The molecule has 1 atom stereocenters. The predicted molar refractivity (Wildman–Crippen MR) is 88.9 cm³/mol. The molecule has 1 N–H and O–H groups in total. The minimum Gasteiger partial charge on any atom is -0.468 e. The van der Waals surface area contributed by atoms with Crippen LogP contribution in [0.2, 0.25) is 0 Å². The van der Waals surface area contributed by atoms with Gasteiger partial charge in [-0.15, -0.1) is 11.3 Å². The topological polar surface area (TPSA) is 62.6 Å². The minimum absolute atomic E-state index is 0.0143. The summed E-state index contributed by atoms with van der Waals surface area (Å²) in [5.74, 6) is 0.723. The summed E-state index contributed by atoms with van der Waals surface area (Å²) in [6, 6.07) is 7.29. The van der Waals surface area contributed by atoms with E-state index in [1.807, 2.05) is 12.1 Å². The lowest BCUT2D eigenvalue weighted by Gasteiger charge is -2.25. The van der Waals surface area contributed by atoms with Gasteiger partial charge in [0.1, 0.15) is 5.76 Å². The monoisotopic (exact) mass is 332 g/mol. The van der Waals surface area contributed by atoms with Crippen LogP contribution in [-0.4, -0.2) is 36.2 Å².